The summed E-state index contributed by atoms with van der Waals surface area (Å²) in [5.74, 6) is 3.60. The lowest BCUT2D eigenvalue weighted by Gasteiger charge is -2.73. The first-order chi connectivity index (χ1) is 19.2. The van der Waals surface area contributed by atoms with Gasteiger partial charge in [0.2, 0.25) is 0 Å². The van der Waals surface area contributed by atoms with Crippen molar-refractivity contribution in [2.75, 3.05) is 19.8 Å². The summed E-state index contributed by atoms with van der Waals surface area (Å²) in [5.41, 5.74) is 3.72. The molecular formula is C37H61NO3. The molecule has 5 aliphatic rings. The lowest BCUT2D eigenvalue weighted by molar-refractivity contribution is -0.242. The third-order valence-electron chi connectivity index (χ3n) is 15.5. The Labute approximate surface area is 251 Å². The van der Waals surface area contributed by atoms with E-state index in [4.69, 9.17) is 4.74 Å². The number of rotatable bonds is 8. The van der Waals surface area contributed by atoms with Gasteiger partial charge in [0.1, 0.15) is 6.61 Å². The molecule has 11 atom stereocenters. The number of nitrogens with one attached hydrogen (secondary N) is 1. The summed E-state index contributed by atoms with van der Waals surface area (Å²) in [7, 11) is 0. The van der Waals surface area contributed by atoms with Crippen molar-refractivity contribution in [3.63, 3.8) is 0 Å². The second kappa shape index (κ2) is 10.7. The number of hydrogen-bond acceptors (Lipinski definition) is 4. The molecule has 41 heavy (non-hydrogen) atoms. The summed E-state index contributed by atoms with van der Waals surface area (Å²) in [6.07, 6.45) is 14.0. The molecule has 1 unspecified atom stereocenters. The van der Waals surface area contributed by atoms with Crippen LogP contribution in [0.5, 0.6) is 0 Å². The maximum Gasteiger partial charge on any atom is 0.302 e. The molecule has 0 aromatic heterocycles. The molecule has 0 amide bonds. The van der Waals surface area contributed by atoms with Crippen LogP contribution >= 0.6 is 0 Å². The molecule has 0 bridgehead atoms. The highest BCUT2D eigenvalue weighted by molar-refractivity contribution is 5.66. The fourth-order valence-corrected chi connectivity index (χ4v) is 12.8. The first-order valence-corrected chi connectivity index (χ1v) is 17.1. The van der Waals surface area contributed by atoms with Crippen LogP contribution in [-0.4, -0.2) is 30.8 Å². The Morgan fingerprint density at radius 1 is 0.927 bits per heavy atom. The molecule has 4 nitrogen and oxygen atoms in total. The van der Waals surface area contributed by atoms with Crippen LogP contribution in [0.1, 0.15) is 119 Å². The predicted molar refractivity (Wildman–Crippen MR) is 168 cm³/mol. The molecule has 5 fully saturated rings. The van der Waals surface area contributed by atoms with Crippen molar-refractivity contribution in [1.29, 1.82) is 0 Å². The van der Waals surface area contributed by atoms with Crippen molar-refractivity contribution < 1.29 is 14.6 Å². The Balaban J connectivity index is 1.52. The summed E-state index contributed by atoms with van der Waals surface area (Å²) in [6.45, 7) is 27.4. The standard InChI is InChI=1S/C37H61NO3/c1-10-33(6)25(3)13-16-34(7)30(33)15-17-36(9)31(34)12-11-29-32-28(24(2)23-41-27(5)40)14-18-37(32,20-19-35(29,36)8)26(4)38-21-22-39/h25,28-32,38-39H,2,4,10-23H2,1,3,5-9H3/t25-,28-,29?,30-,31+,32+,33+,34-,35+,36+,37+/m0/s1. The van der Waals surface area contributed by atoms with Crippen LogP contribution in [0.3, 0.4) is 0 Å². The number of carbonyl (C=O) groups excluding carboxylic acids is 1. The van der Waals surface area contributed by atoms with Gasteiger partial charge in [0, 0.05) is 24.6 Å². The van der Waals surface area contributed by atoms with Gasteiger partial charge >= 0.3 is 5.97 Å². The monoisotopic (exact) mass is 567 g/mol. The van der Waals surface area contributed by atoms with E-state index in [0.29, 0.717) is 47.2 Å². The van der Waals surface area contributed by atoms with E-state index in [9.17, 15) is 9.90 Å². The van der Waals surface area contributed by atoms with Crippen molar-refractivity contribution in [2.24, 2.45) is 62.6 Å². The zero-order valence-electron chi connectivity index (χ0n) is 27.5. The maximum absolute atomic E-state index is 11.7. The number of esters is 1. The smallest absolute Gasteiger partial charge is 0.302 e. The van der Waals surface area contributed by atoms with Crippen molar-refractivity contribution >= 4 is 5.97 Å². The predicted octanol–water partition coefficient (Wildman–Crippen LogP) is 8.31. The van der Waals surface area contributed by atoms with E-state index in [1.165, 1.54) is 58.3 Å². The van der Waals surface area contributed by atoms with Crippen LogP contribution in [0.25, 0.3) is 0 Å². The Hall–Kier alpha value is -1.29. The fraction of sp³-hybridized carbons (Fsp3) is 0.865. The van der Waals surface area contributed by atoms with Crippen LogP contribution in [0, 0.1) is 62.6 Å². The SMILES string of the molecule is C=C(COC(C)=O)[C@@H]1CC[C@]2(C(=C)NCCO)CC[C@]3(C)C(CC[C@@H]4[C@@]5(C)CC[C@H](C)[C@@](C)(CC)[C@@H]5CC[C@]43C)[C@@H]12. The molecular weight excluding hydrogens is 506 g/mol. The van der Waals surface area contributed by atoms with E-state index >= 15 is 0 Å². The number of ether oxygens (including phenoxy) is 1. The molecule has 0 aromatic carbocycles. The average molecular weight is 568 g/mol. The minimum Gasteiger partial charge on any atom is -0.461 e. The lowest BCUT2D eigenvalue weighted by atomic mass is 9.31. The molecule has 0 aliphatic heterocycles. The van der Waals surface area contributed by atoms with Crippen molar-refractivity contribution in [3.05, 3.63) is 24.4 Å². The topological polar surface area (TPSA) is 58.6 Å². The number of aliphatic hydroxyl groups is 1. The van der Waals surface area contributed by atoms with Crippen LogP contribution in [0.2, 0.25) is 0 Å². The van der Waals surface area contributed by atoms with Gasteiger partial charge in [0.25, 0.3) is 0 Å². The first kappa shape index (κ1) is 31.1. The summed E-state index contributed by atoms with van der Waals surface area (Å²) in [5, 5.41) is 13.2. The fourth-order valence-electron chi connectivity index (χ4n) is 12.8. The molecule has 5 rings (SSSR count). The van der Waals surface area contributed by atoms with E-state index in [1.807, 2.05) is 0 Å². The van der Waals surface area contributed by atoms with Gasteiger partial charge in [-0.2, -0.15) is 0 Å². The third kappa shape index (κ3) is 4.33. The molecule has 5 aliphatic carbocycles. The van der Waals surface area contributed by atoms with Gasteiger partial charge < -0.3 is 15.2 Å². The van der Waals surface area contributed by atoms with Crippen LogP contribution < -0.4 is 5.32 Å². The molecule has 0 saturated heterocycles. The number of aliphatic hydroxyl groups excluding tert-OH is 1. The normalized spacial score (nSPS) is 48.7. The minimum atomic E-state index is -0.225. The van der Waals surface area contributed by atoms with Crippen LogP contribution in [0.4, 0.5) is 0 Å². The van der Waals surface area contributed by atoms with E-state index in [2.05, 4.69) is 60.0 Å². The second-order valence-electron chi connectivity index (χ2n) is 16.4. The second-order valence-corrected chi connectivity index (χ2v) is 16.4. The molecule has 0 heterocycles. The van der Waals surface area contributed by atoms with Gasteiger partial charge in [-0.3, -0.25) is 4.79 Å². The van der Waals surface area contributed by atoms with Crippen molar-refractivity contribution in [1.82, 2.24) is 5.32 Å². The van der Waals surface area contributed by atoms with E-state index in [0.717, 1.165) is 48.3 Å². The number of carbonyl (C=O) groups is 1. The number of hydrogen-bond donors (Lipinski definition) is 2. The summed E-state index contributed by atoms with van der Waals surface area (Å²) >= 11 is 0. The number of allylic oxidation sites excluding steroid dienone is 1. The lowest BCUT2D eigenvalue weighted by Crippen LogP contribution is -2.66. The van der Waals surface area contributed by atoms with Gasteiger partial charge in [0.05, 0.1) is 6.61 Å². The molecule has 5 saturated carbocycles. The van der Waals surface area contributed by atoms with E-state index < -0.39 is 0 Å². The quantitative estimate of drug-likeness (QED) is 0.229. The number of fused-ring (bicyclic) bond motifs is 7. The Kier molecular flexibility index (Phi) is 8.13. The van der Waals surface area contributed by atoms with Crippen LogP contribution in [0.15, 0.2) is 24.4 Å². The molecule has 4 heteroatoms. The summed E-state index contributed by atoms with van der Waals surface area (Å²) in [4.78, 5) is 11.7. The summed E-state index contributed by atoms with van der Waals surface area (Å²) in [6, 6.07) is 0. The highest BCUT2D eigenvalue weighted by atomic mass is 16.5. The van der Waals surface area contributed by atoms with Gasteiger partial charge in [-0.1, -0.05) is 61.1 Å². The average Bonchev–Trinajstić information content (AvgIpc) is 3.34. The summed E-state index contributed by atoms with van der Waals surface area (Å²) < 4.78 is 5.52. The van der Waals surface area contributed by atoms with E-state index in [1.54, 1.807) is 0 Å². The molecule has 0 aromatic rings. The molecule has 0 spiro atoms. The van der Waals surface area contributed by atoms with Crippen molar-refractivity contribution in [3.8, 4) is 0 Å². The minimum absolute atomic E-state index is 0.0224. The van der Waals surface area contributed by atoms with E-state index in [-0.39, 0.29) is 23.4 Å². The zero-order valence-corrected chi connectivity index (χ0v) is 27.5. The Morgan fingerprint density at radius 2 is 1.66 bits per heavy atom. The largest absolute Gasteiger partial charge is 0.461 e. The van der Waals surface area contributed by atoms with Gasteiger partial charge in [-0.05, 0) is 127 Å². The van der Waals surface area contributed by atoms with Crippen molar-refractivity contribution in [2.45, 2.75) is 119 Å². The highest BCUT2D eigenvalue weighted by Gasteiger charge is 2.71. The molecule has 0 radical (unpaired) electrons. The highest BCUT2D eigenvalue weighted by Crippen LogP contribution is 2.78. The Bertz CT molecular complexity index is 1050. The zero-order chi connectivity index (χ0) is 30.0. The first-order valence-electron chi connectivity index (χ1n) is 17.1. The molecule has 2 N–H and O–H groups in total. The molecule has 232 valence electrons. The van der Waals surface area contributed by atoms with Gasteiger partial charge in [-0.15, -0.1) is 0 Å². The van der Waals surface area contributed by atoms with Crippen LogP contribution in [-0.2, 0) is 9.53 Å². The maximum atomic E-state index is 11.7. The van der Waals surface area contributed by atoms with Gasteiger partial charge in [-0.25, -0.2) is 0 Å². The Morgan fingerprint density at radius 3 is 2.32 bits per heavy atom. The third-order valence-corrected chi connectivity index (χ3v) is 15.5. The van der Waals surface area contributed by atoms with Gasteiger partial charge in [0.15, 0.2) is 0 Å².